The largest absolute Gasteiger partial charge is 0.351 e. The molecule has 0 radical (unpaired) electrons. The van der Waals surface area contributed by atoms with E-state index in [1.165, 1.54) is 12.8 Å². The van der Waals surface area contributed by atoms with Crippen molar-refractivity contribution in [1.29, 1.82) is 0 Å². The Labute approximate surface area is 143 Å². The molecule has 1 atom stereocenters. The summed E-state index contributed by atoms with van der Waals surface area (Å²) in [5, 5.41) is 5.87. The molecule has 3 rings (SSSR count). The predicted molar refractivity (Wildman–Crippen MR) is 95.0 cm³/mol. The van der Waals surface area contributed by atoms with Gasteiger partial charge in [-0.1, -0.05) is 13.0 Å². The van der Waals surface area contributed by atoms with Gasteiger partial charge in [0.2, 0.25) is 5.91 Å². The number of benzene rings is 1. The van der Waals surface area contributed by atoms with Gasteiger partial charge in [-0.3, -0.25) is 9.59 Å². The summed E-state index contributed by atoms with van der Waals surface area (Å²) in [6, 6.07) is 7.17. The van der Waals surface area contributed by atoms with E-state index in [4.69, 9.17) is 0 Å². The Bertz CT molecular complexity index is 598. The summed E-state index contributed by atoms with van der Waals surface area (Å²) in [5.41, 5.74) is 1.29. The molecular weight excluding hydrogens is 302 g/mol. The standard InChI is InChI=1S/C19H27N3O2/c1-14-4-3-10-22(13-14)11-9-20-18(23)16-5-2-6-17(12-16)21-19(24)15-7-8-15/h2,5-6,12,14-15H,3-4,7-11,13H2,1H3,(H,20,23)(H,21,24). The number of nitrogens with one attached hydrogen (secondary N) is 2. The number of rotatable bonds is 6. The highest BCUT2D eigenvalue weighted by Gasteiger charge is 2.29. The molecule has 0 bridgehead atoms. The number of piperidine rings is 1. The van der Waals surface area contributed by atoms with Crippen LogP contribution in [0.5, 0.6) is 0 Å². The SMILES string of the molecule is CC1CCCN(CCNC(=O)c2cccc(NC(=O)C3CC3)c2)C1. The van der Waals surface area contributed by atoms with Crippen molar-refractivity contribution in [3.8, 4) is 0 Å². The lowest BCUT2D eigenvalue weighted by Crippen LogP contribution is -2.40. The van der Waals surface area contributed by atoms with Gasteiger partial charge in [0.05, 0.1) is 0 Å². The third-order valence-electron chi connectivity index (χ3n) is 4.80. The van der Waals surface area contributed by atoms with Gasteiger partial charge in [0.25, 0.3) is 5.91 Å². The van der Waals surface area contributed by atoms with Crippen LogP contribution in [0, 0.1) is 11.8 Å². The van der Waals surface area contributed by atoms with Crippen molar-refractivity contribution < 1.29 is 9.59 Å². The number of hydrogen-bond donors (Lipinski definition) is 2. The maximum atomic E-state index is 12.3. The zero-order chi connectivity index (χ0) is 16.9. The van der Waals surface area contributed by atoms with Crippen molar-refractivity contribution in [1.82, 2.24) is 10.2 Å². The van der Waals surface area contributed by atoms with Crippen LogP contribution in [-0.2, 0) is 4.79 Å². The van der Waals surface area contributed by atoms with E-state index in [1.807, 2.05) is 12.1 Å². The van der Waals surface area contributed by atoms with Gasteiger partial charge in [0.15, 0.2) is 0 Å². The summed E-state index contributed by atoms with van der Waals surface area (Å²) in [7, 11) is 0. The van der Waals surface area contributed by atoms with Crippen LogP contribution in [0.3, 0.4) is 0 Å². The van der Waals surface area contributed by atoms with Gasteiger partial charge in [0, 0.05) is 36.8 Å². The molecule has 1 aliphatic carbocycles. The molecule has 1 unspecified atom stereocenters. The minimum atomic E-state index is -0.0809. The van der Waals surface area contributed by atoms with Crippen molar-refractivity contribution in [2.45, 2.75) is 32.6 Å². The van der Waals surface area contributed by atoms with E-state index in [0.29, 0.717) is 17.8 Å². The molecule has 1 aromatic carbocycles. The first-order valence-electron chi connectivity index (χ1n) is 9.03. The molecule has 2 N–H and O–H groups in total. The second-order valence-corrected chi connectivity index (χ2v) is 7.15. The monoisotopic (exact) mass is 329 g/mol. The van der Waals surface area contributed by atoms with Crippen LogP contribution in [0.15, 0.2) is 24.3 Å². The second kappa shape index (κ2) is 7.79. The van der Waals surface area contributed by atoms with Gasteiger partial charge in [-0.15, -0.1) is 0 Å². The lowest BCUT2D eigenvalue weighted by atomic mass is 10.0. The van der Waals surface area contributed by atoms with Gasteiger partial charge in [-0.2, -0.15) is 0 Å². The van der Waals surface area contributed by atoms with Crippen molar-refractivity contribution in [2.24, 2.45) is 11.8 Å². The predicted octanol–water partition coefficient (Wildman–Crippen LogP) is 2.50. The number of carbonyl (C=O) groups excluding carboxylic acids is 2. The Hall–Kier alpha value is -1.88. The van der Waals surface area contributed by atoms with E-state index < -0.39 is 0 Å². The zero-order valence-electron chi connectivity index (χ0n) is 14.4. The van der Waals surface area contributed by atoms with Gasteiger partial charge in [-0.25, -0.2) is 0 Å². The number of likely N-dealkylation sites (tertiary alicyclic amines) is 1. The average molecular weight is 329 g/mol. The van der Waals surface area contributed by atoms with Crippen molar-refractivity contribution in [3.05, 3.63) is 29.8 Å². The highest BCUT2D eigenvalue weighted by Crippen LogP contribution is 2.30. The second-order valence-electron chi connectivity index (χ2n) is 7.15. The van der Waals surface area contributed by atoms with Gasteiger partial charge in [-0.05, 0) is 56.3 Å². The summed E-state index contributed by atoms with van der Waals surface area (Å²) < 4.78 is 0. The Balaban J connectivity index is 1.46. The van der Waals surface area contributed by atoms with Gasteiger partial charge < -0.3 is 15.5 Å². The van der Waals surface area contributed by atoms with Crippen molar-refractivity contribution in [3.63, 3.8) is 0 Å². The molecule has 0 aromatic heterocycles. The van der Waals surface area contributed by atoms with E-state index in [2.05, 4.69) is 22.5 Å². The van der Waals surface area contributed by atoms with Crippen molar-refractivity contribution in [2.75, 3.05) is 31.5 Å². The third kappa shape index (κ3) is 4.81. The molecule has 5 nitrogen and oxygen atoms in total. The first-order chi connectivity index (χ1) is 11.6. The fraction of sp³-hybridized carbons (Fsp3) is 0.579. The maximum Gasteiger partial charge on any atom is 0.251 e. The van der Waals surface area contributed by atoms with E-state index >= 15 is 0 Å². The summed E-state index contributed by atoms with van der Waals surface area (Å²) in [5.74, 6) is 0.894. The zero-order valence-corrected chi connectivity index (χ0v) is 14.4. The van der Waals surface area contributed by atoms with Crippen molar-refractivity contribution >= 4 is 17.5 Å². The van der Waals surface area contributed by atoms with E-state index in [0.717, 1.165) is 38.4 Å². The smallest absolute Gasteiger partial charge is 0.251 e. The quantitative estimate of drug-likeness (QED) is 0.843. The van der Waals surface area contributed by atoms with E-state index in [-0.39, 0.29) is 17.7 Å². The number of hydrogen-bond acceptors (Lipinski definition) is 3. The summed E-state index contributed by atoms with van der Waals surface area (Å²) in [4.78, 5) is 26.5. The van der Waals surface area contributed by atoms with Crippen LogP contribution in [0.25, 0.3) is 0 Å². The Kier molecular flexibility index (Phi) is 5.51. The number of nitrogens with zero attached hydrogens (tertiary/aromatic N) is 1. The molecule has 5 heteroatoms. The lowest BCUT2D eigenvalue weighted by molar-refractivity contribution is -0.117. The molecule has 1 aromatic rings. The molecule has 2 amide bonds. The first kappa shape index (κ1) is 17.0. The molecule has 2 aliphatic rings. The number of amides is 2. The van der Waals surface area contributed by atoms with Gasteiger partial charge >= 0.3 is 0 Å². The van der Waals surface area contributed by atoms with E-state index in [1.54, 1.807) is 12.1 Å². The fourth-order valence-electron chi connectivity index (χ4n) is 3.25. The highest BCUT2D eigenvalue weighted by atomic mass is 16.2. The molecule has 1 saturated carbocycles. The normalized spacial score (nSPS) is 21.3. The number of anilines is 1. The Morgan fingerprint density at radius 1 is 1.25 bits per heavy atom. The van der Waals surface area contributed by atoms with Crippen LogP contribution in [-0.4, -0.2) is 42.9 Å². The Morgan fingerprint density at radius 2 is 2.08 bits per heavy atom. The van der Waals surface area contributed by atoms with E-state index in [9.17, 15) is 9.59 Å². The molecule has 2 fully saturated rings. The summed E-state index contributed by atoms with van der Waals surface area (Å²) >= 11 is 0. The van der Waals surface area contributed by atoms with Crippen LogP contribution >= 0.6 is 0 Å². The molecule has 130 valence electrons. The Morgan fingerprint density at radius 3 is 2.83 bits per heavy atom. The highest BCUT2D eigenvalue weighted by molar-refractivity contribution is 5.98. The molecular formula is C19H27N3O2. The number of carbonyl (C=O) groups is 2. The molecule has 1 saturated heterocycles. The fourth-order valence-corrected chi connectivity index (χ4v) is 3.25. The molecule has 0 spiro atoms. The van der Waals surface area contributed by atoms with Gasteiger partial charge in [0.1, 0.15) is 0 Å². The topological polar surface area (TPSA) is 61.4 Å². The maximum absolute atomic E-state index is 12.3. The average Bonchev–Trinajstić information content (AvgIpc) is 3.40. The van der Waals surface area contributed by atoms with Crippen LogP contribution in [0.4, 0.5) is 5.69 Å². The lowest BCUT2D eigenvalue weighted by Gasteiger charge is -2.30. The summed E-state index contributed by atoms with van der Waals surface area (Å²) in [6.45, 7) is 6.09. The van der Waals surface area contributed by atoms with Crippen LogP contribution < -0.4 is 10.6 Å². The molecule has 1 aliphatic heterocycles. The first-order valence-corrected chi connectivity index (χ1v) is 9.03. The van der Waals surface area contributed by atoms with Crippen LogP contribution in [0.2, 0.25) is 0 Å². The molecule has 1 heterocycles. The summed E-state index contributed by atoms with van der Waals surface area (Å²) in [6.07, 6.45) is 4.50. The van der Waals surface area contributed by atoms with Crippen LogP contribution in [0.1, 0.15) is 43.0 Å². The molecule has 24 heavy (non-hydrogen) atoms. The minimum Gasteiger partial charge on any atom is -0.351 e. The third-order valence-corrected chi connectivity index (χ3v) is 4.80. The minimum absolute atomic E-state index is 0.0618.